The van der Waals surface area contributed by atoms with E-state index in [4.69, 9.17) is 4.74 Å². The second kappa shape index (κ2) is 6.29. The van der Waals surface area contributed by atoms with Crippen LogP contribution in [0.1, 0.15) is 28.9 Å². The van der Waals surface area contributed by atoms with E-state index in [1.165, 1.54) is 7.11 Å². The van der Waals surface area contributed by atoms with Gasteiger partial charge in [0.25, 0.3) is 5.91 Å². The first kappa shape index (κ1) is 16.8. The van der Waals surface area contributed by atoms with Crippen molar-refractivity contribution in [3.63, 3.8) is 0 Å². The van der Waals surface area contributed by atoms with Crippen LogP contribution in [-0.4, -0.2) is 17.6 Å². The molecule has 1 aliphatic heterocycles. The van der Waals surface area contributed by atoms with Gasteiger partial charge in [-0.25, -0.2) is 0 Å². The summed E-state index contributed by atoms with van der Waals surface area (Å²) < 4.78 is 8.14. The van der Waals surface area contributed by atoms with Gasteiger partial charge in [-0.3, -0.25) is 9.59 Å². The number of ether oxygens (including phenoxy) is 1. The van der Waals surface area contributed by atoms with Crippen LogP contribution >= 0.6 is 15.9 Å². The summed E-state index contributed by atoms with van der Waals surface area (Å²) in [4.78, 5) is 25.8. The van der Waals surface area contributed by atoms with Crippen molar-refractivity contribution < 1.29 is 9.53 Å². The molecule has 1 N–H and O–H groups in total. The number of amides is 1. The molecule has 6 heteroatoms. The Morgan fingerprint density at radius 3 is 2.85 bits per heavy atom. The lowest BCUT2D eigenvalue weighted by Crippen LogP contribution is -2.24. The monoisotopic (exact) mass is 412 g/mol. The maximum atomic E-state index is 13.0. The number of carbonyl (C=O) groups excluding carboxylic acids is 1. The lowest BCUT2D eigenvalue weighted by molar-refractivity contribution is 0.102. The molecule has 0 saturated carbocycles. The van der Waals surface area contributed by atoms with Crippen LogP contribution in [0.5, 0.6) is 5.75 Å². The van der Waals surface area contributed by atoms with Crippen LogP contribution in [-0.2, 0) is 6.42 Å². The number of methoxy groups -OCH3 is 1. The number of hydrogen-bond donors (Lipinski definition) is 1. The molecule has 0 saturated heterocycles. The van der Waals surface area contributed by atoms with Crippen LogP contribution in [0.15, 0.2) is 51.9 Å². The molecule has 1 unspecified atom stereocenters. The largest absolute Gasteiger partial charge is 0.495 e. The van der Waals surface area contributed by atoms with Gasteiger partial charge in [0, 0.05) is 22.1 Å². The van der Waals surface area contributed by atoms with E-state index >= 15 is 0 Å². The van der Waals surface area contributed by atoms with Gasteiger partial charge in [-0.2, -0.15) is 0 Å². The van der Waals surface area contributed by atoms with Crippen molar-refractivity contribution in [2.75, 3.05) is 12.4 Å². The Hall–Kier alpha value is -2.60. The number of rotatable bonds is 3. The van der Waals surface area contributed by atoms with Gasteiger partial charge in [0.2, 0.25) is 5.43 Å². The minimum atomic E-state index is -0.439. The molecule has 1 aromatic heterocycles. The third kappa shape index (κ3) is 2.61. The molecular weight excluding hydrogens is 396 g/mol. The molecule has 0 fully saturated rings. The number of hydrogen-bond acceptors (Lipinski definition) is 3. The first-order valence-corrected chi connectivity index (χ1v) is 9.10. The Balaban J connectivity index is 1.84. The van der Waals surface area contributed by atoms with E-state index in [0.29, 0.717) is 16.8 Å². The van der Waals surface area contributed by atoms with Crippen LogP contribution in [0.2, 0.25) is 0 Å². The van der Waals surface area contributed by atoms with Crippen molar-refractivity contribution in [2.45, 2.75) is 19.4 Å². The number of anilines is 1. The number of para-hydroxylation sites is 2. The molecule has 2 heterocycles. The Bertz CT molecular complexity index is 1100. The Kier molecular flexibility index (Phi) is 4.07. The van der Waals surface area contributed by atoms with E-state index in [2.05, 4.69) is 28.2 Å². The summed E-state index contributed by atoms with van der Waals surface area (Å²) in [6.07, 6.45) is 2.51. The minimum Gasteiger partial charge on any atom is -0.495 e. The zero-order chi connectivity index (χ0) is 18.4. The van der Waals surface area contributed by atoms with E-state index in [1.807, 2.05) is 16.7 Å². The van der Waals surface area contributed by atoms with Crippen LogP contribution in [0.25, 0.3) is 10.9 Å². The van der Waals surface area contributed by atoms with Gasteiger partial charge in [0.05, 0.1) is 18.3 Å². The number of nitrogens with zero attached hydrogens (tertiary/aromatic N) is 1. The zero-order valence-electron chi connectivity index (χ0n) is 14.4. The van der Waals surface area contributed by atoms with Gasteiger partial charge in [-0.1, -0.05) is 28.1 Å². The highest BCUT2D eigenvalue weighted by Gasteiger charge is 2.25. The fraction of sp³-hybridized carbons (Fsp3) is 0.200. The number of nitrogens with one attached hydrogen (secondary N) is 1. The van der Waals surface area contributed by atoms with Gasteiger partial charge in [-0.05, 0) is 43.2 Å². The lowest BCUT2D eigenvalue weighted by Gasteiger charge is -2.14. The SMILES string of the molecule is COc1ccccc1NC(=O)c1cn2c3c(cc(Br)cc3c1=O)CC2C. The van der Waals surface area contributed by atoms with E-state index in [9.17, 15) is 9.59 Å². The minimum absolute atomic E-state index is 0.126. The van der Waals surface area contributed by atoms with Crippen molar-refractivity contribution in [1.29, 1.82) is 0 Å². The second-order valence-electron chi connectivity index (χ2n) is 6.45. The van der Waals surface area contributed by atoms with Crippen LogP contribution < -0.4 is 15.5 Å². The zero-order valence-corrected chi connectivity index (χ0v) is 16.0. The highest BCUT2D eigenvalue weighted by Crippen LogP contribution is 2.33. The molecule has 3 aromatic rings. The van der Waals surface area contributed by atoms with E-state index in [1.54, 1.807) is 30.5 Å². The van der Waals surface area contributed by atoms with Crippen LogP contribution in [0, 0.1) is 0 Å². The highest BCUT2D eigenvalue weighted by molar-refractivity contribution is 9.10. The molecule has 0 aliphatic carbocycles. The quantitative estimate of drug-likeness (QED) is 0.702. The van der Waals surface area contributed by atoms with Crippen molar-refractivity contribution in [2.24, 2.45) is 0 Å². The maximum absolute atomic E-state index is 13.0. The molecule has 4 rings (SSSR count). The first-order chi connectivity index (χ1) is 12.5. The summed E-state index contributed by atoms with van der Waals surface area (Å²) in [5.74, 6) is 0.107. The Labute approximate surface area is 158 Å². The fourth-order valence-electron chi connectivity index (χ4n) is 3.56. The lowest BCUT2D eigenvalue weighted by atomic mass is 10.1. The average Bonchev–Trinajstić information content (AvgIpc) is 2.93. The topological polar surface area (TPSA) is 60.3 Å². The smallest absolute Gasteiger partial charge is 0.261 e. The first-order valence-electron chi connectivity index (χ1n) is 8.31. The summed E-state index contributed by atoms with van der Waals surface area (Å²) in [5.41, 5.74) is 2.43. The molecule has 1 aliphatic rings. The number of pyridine rings is 1. The molecule has 0 radical (unpaired) electrons. The summed E-state index contributed by atoms with van der Waals surface area (Å²) in [6.45, 7) is 2.08. The van der Waals surface area contributed by atoms with Crippen molar-refractivity contribution in [1.82, 2.24) is 4.57 Å². The average molecular weight is 413 g/mol. The maximum Gasteiger partial charge on any atom is 0.261 e. The summed E-state index contributed by atoms with van der Waals surface area (Å²) in [5, 5.41) is 3.35. The molecule has 132 valence electrons. The van der Waals surface area contributed by atoms with Gasteiger partial charge < -0.3 is 14.6 Å². The standard InChI is InChI=1S/C20H17BrN2O3/c1-11-7-12-8-13(21)9-14-18(12)23(11)10-15(19(14)24)20(25)22-16-5-3-4-6-17(16)26-2/h3-6,8-11H,7H2,1-2H3,(H,22,25). The Morgan fingerprint density at radius 1 is 1.31 bits per heavy atom. The molecule has 2 aromatic carbocycles. The predicted octanol–water partition coefficient (Wildman–Crippen LogP) is 4.14. The molecule has 0 bridgehead atoms. The van der Waals surface area contributed by atoms with Crippen molar-refractivity contribution in [3.8, 4) is 5.75 Å². The summed E-state index contributed by atoms with van der Waals surface area (Å²) in [7, 11) is 1.54. The van der Waals surface area contributed by atoms with E-state index in [0.717, 1.165) is 22.0 Å². The fourth-order valence-corrected chi connectivity index (χ4v) is 4.07. The number of aromatic nitrogens is 1. The third-order valence-corrected chi connectivity index (χ3v) is 5.22. The number of carbonyl (C=O) groups is 1. The van der Waals surface area contributed by atoms with Gasteiger partial charge in [0.15, 0.2) is 0 Å². The van der Waals surface area contributed by atoms with Crippen LogP contribution in [0.3, 0.4) is 0 Å². The highest BCUT2D eigenvalue weighted by atomic mass is 79.9. The molecule has 0 spiro atoms. The van der Waals surface area contributed by atoms with Crippen molar-refractivity contribution in [3.05, 3.63) is 68.4 Å². The normalized spacial score (nSPS) is 15.3. The third-order valence-electron chi connectivity index (χ3n) is 4.76. The molecule has 1 atom stereocenters. The second-order valence-corrected chi connectivity index (χ2v) is 7.36. The predicted molar refractivity (Wildman–Crippen MR) is 105 cm³/mol. The molecular formula is C20H17BrN2O3. The Morgan fingerprint density at radius 2 is 2.08 bits per heavy atom. The summed E-state index contributed by atoms with van der Waals surface area (Å²) >= 11 is 3.47. The summed E-state index contributed by atoms with van der Waals surface area (Å²) in [6, 6.07) is 11.1. The molecule has 26 heavy (non-hydrogen) atoms. The van der Waals surface area contributed by atoms with E-state index < -0.39 is 5.91 Å². The van der Waals surface area contributed by atoms with Crippen LogP contribution in [0.4, 0.5) is 5.69 Å². The van der Waals surface area contributed by atoms with Gasteiger partial charge >= 0.3 is 0 Å². The van der Waals surface area contributed by atoms with Gasteiger partial charge in [-0.15, -0.1) is 0 Å². The molecule has 1 amide bonds. The van der Waals surface area contributed by atoms with E-state index in [-0.39, 0.29) is 17.0 Å². The van der Waals surface area contributed by atoms with Gasteiger partial charge in [0.1, 0.15) is 11.3 Å². The number of halogens is 1. The number of benzene rings is 2. The molecule has 5 nitrogen and oxygen atoms in total. The van der Waals surface area contributed by atoms with Crippen molar-refractivity contribution >= 4 is 38.4 Å².